The van der Waals surface area contributed by atoms with Gasteiger partial charge in [0, 0.05) is 12.1 Å². The lowest BCUT2D eigenvalue weighted by Gasteiger charge is -2.08. The van der Waals surface area contributed by atoms with Crippen molar-refractivity contribution in [2.45, 2.75) is 33.2 Å². The molecule has 0 saturated heterocycles. The van der Waals surface area contributed by atoms with Crippen molar-refractivity contribution in [2.75, 3.05) is 12.8 Å². The number of ether oxygens (including phenoxy) is 1. The first kappa shape index (κ1) is 13.5. The second-order valence-corrected chi connectivity index (χ2v) is 4.60. The number of benzene rings is 1. The first-order chi connectivity index (χ1) is 9.19. The number of hydrogen-bond acceptors (Lipinski definition) is 3. The van der Waals surface area contributed by atoms with E-state index in [4.69, 9.17) is 10.5 Å². The lowest BCUT2D eigenvalue weighted by Crippen LogP contribution is -2.05. The molecule has 0 fully saturated rings. The number of nitrogens with zero attached hydrogens (tertiary/aromatic N) is 2. The van der Waals surface area contributed by atoms with E-state index in [-0.39, 0.29) is 0 Å². The first-order valence-corrected chi connectivity index (χ1v) is 6.65. The van der Waals surface area contributed by atoms with Crippen molar-refractivity contribution in [3.8, 4) is 17.0 Å². The van der Waals surface area contributed by atoms with Crippen molar-refractivity contribution in [2.24, 2.45) is 0 Å². The predicted molar refractivity (Wildman–Crippen MR) is 78.3 cm³/mol. The molecule has 0 radical (unpaired) electrons. The van der Waals surface area contributed by atoms with Gasteiger partial charge in [-0.2, -0.15) is 0 Å². The molecule has 0 aliphatic carbocycles. The zero-order valence-corrected chi connectivity index (χ0v) is 11.8. The second kappa shape index (κ2) is 5.78. The first-order valence-electron chi connectivity index (χ1n) is 6.65. The van der Waals surface area contributed by atoms with Gasteiger partial charge in [-0.15, -0.1) is 0 Å². The minimum absolute atomic E-state index is 0.718. The molecule has 2 rings (SSSR count). The topological polar surface area (TPSA) is 53.1 Å². The van der Waals surface area contributed by atoms with Crippen LogP contribution in [0.3, 0.4) is 0 Å². The molecule has 0 atom stereocenters. The van der Waals surface area contributed by atoms with Crippen LogP contribution in [0.5, 0.6) is 5.75 Å². The summed E-state index contributed by atoms with van der Waals surface area (Å²) in [5.41, 5.74) is 8.00. The normalized spacial score (nSPS) is 10.7. The van der Waals surface area contributed by atoms with Crippen molar-refractivity contribution in [3.05, 3.63) is 30.1 Å². The summed E-state index contributed by atoms with van der Waals surface area (Å²) in [5.74, 6) is 2.47. The van der Waals surface area contributed by atoms with E-state index in [1.807, 2.05) is 31.2 Å². The fourth-order valence-electron chi connectivity index (χ4n) is 2.22. The molecule has 0 spiro atoms. The van der Waals surface area contributed by atoms with Crippen LogP contribution in [0, 0.1) is 6.92 Å². The van der Waals surface area contributed by atoms with Gasteiger partial charge in [-0.25, -0.2) is 4.98 Å². The number of nitrogen functional groups attached to an aromatic ring is 1. The molecular formula is C15H21N3O. The van der Waals surface area contributed by atoms with Crippen molar-refractivity contribution in [1.29, 1.82) is 0 Å². The third-order valence-electron chi connectivity index (χ3n) is 3.30. The molecule has 1 aromatic heterocycles. The number of imidazole rings is 1. The number of nitrogens with two attached hydrogens (primary N) is 1. The van der Waals surface area contributed by atoms with Crippen molar-refractivity contribution >= 4 is 5.82 Å². The van der Waals surface area contributed by atoms with Crippen molar-refractivity contribution in [1.82, 2.24) is 9.55 Å². The maximum Gasteiger partial charge on any atom is 0.131 e. The number of anilines is 1. The quantitative estimate of drug-likeness (QED) is 0.896. The fraction of sp³-hybridized carbons (Fsp3) is 0.400. The monoisotopic (exact) mass is 259 g/mol. The third kappa shape index (κ3) is 2.57. The summed E-state index contributed by atoms with van der Waals surface area (Å²) in [4.78, 5) is 4.60. The van der Waals surface area contributed by atoms with Crippen LogP contribution in [0.15, 0.2) is 24.3 Å². The van der Waals surface area contributed by atoms with Gasteiger partial charge in [0.05, 0.1) is 7.11 Å². The zero-order chi connectivity index (χ0) is 13.8. The lowest BCUT2D eigenvalue weighted by molar-refractivity contribution is 0.416. The maximum atomic E-state index is 6.25. The van der Waals surface area contributed by atoms with Gasteiger partial charge in [0.25, 0.3) is 0 Å². The van der Waals surface area contributed by atoms with Crippen molar-refractivity contribution < 1.29 is 4.74 Å². The summed E-state index contributed by atoms with van der Waals surface area (Å²) in [7, 11) is 1.66. The van der Waals surface area contributed by atoms with E-state index >= 15 is 0 Å². The summed E-state index contributed by atoms with van der Waals surface area (Å²) in [6.45, 7) is 5.07. The van der Waals surface area contributed by atoms with Crippen LogP contribution < -0.4 is 10.5 Å². The molecule has 102 valence electrons. The van der Waals surface area contributed by atoms with Gasteiger partial charge in [0.15, 0.2) is 0 Å². The Morgan fingerprint density at radius 2 is 2.05 bits per heavy atom. The standard InChI is InChI=1S/C15H21N3O/c1-4-5-10-18-11(2)17-14(15(18)16)12-8-6-7-9-13(12)19-3/h6-9H,4-5,10,16H2,1-3H3. The molecule has 0 amide bonds. The van der Waals surface area contributed by atoms with Crippen LogP contribution in [0.1, 0.15) is 25.6 Å². The Morgan fingerprint density at radius 1 is 1.32 bits per heavy atom. The number of hydrogen-bond donors (Lipinski definition) is 1. The Balaban J connectivity index is 2.45. The molecule has 0 aliphatic rings. The van der Waals surface area contributed by atoms with E-state index in [0.717, 1.165) is 48.0 Å². The average molecular weight is 259 g/mol. The van der Waals surface area contributed by atoms with Gasteiger partial charge in [0.1, 0.15) is 23.1 Å². The van der Waals surface area contributed by atoms with Crippen LogP contribution in [-0.2, 0) is 6.54 Å². The molecule has 0 aliphatic heterocycles. The van der Waals surface area contributed by atoms with Crippen molar-refractivity contribution in [3.63, 3.8) is 0 Å². The van der Waals surface area contributed by atoms with Gasteiger partial charge in [-0.1, -0.05) is 25.5 Å². The molecule has 19 heavy (non-hydrogen) atoms. The SMILES string of the molecule is CCCCn1c(C)nc(-c2ccccc2OC)c1N. The summed E-state index contributed by atoms with van der Waals surface area (Å²) >= 11 is 0. The minimum atomic E-state index is 0.718. The average Bonchev–Trinajstić information content (AvgIpc) is 2.71. The third-order valence-corrected chi connectivity index (χ3v) is 3.30. The van der Waals surface area contributed by atoms with E-state index < -0.39 is 0 Å². The Hall–Kier alpha value is -1.97. The molecule has 4 nitrogen and oxygen atoms in total. The highest BCUT2D eigenvalue weighted by molar-refractivity contribution is 5.76. The molecule has 2 aromatic rings. The van der Waals surface area contributed by atoms with E-state index in [9.17, 15) is 0 Å². The van der Waals surface area contributed by atoms with Crippen LogP contribution in [0.25, 0.3) is 11.3 Å². The zero-order valence-electron chi connectivity index (χ0n) is 11.8. The Kier molecular flexibility index (Phi) is 4.10. The van der Waals surface area contributed by atoms with Gasteiger partial charge in [-0.3, -0.25) is 0 Å². The molecule has 1 aromatic carbocycles. The molecule has 4 heteroatoms. The number of para-hydroxylation sites is 1. The molecule has 0 bridgehead atoms. The van der Waals surface area contributed by atoms with Gasteiger partial charge >= 0.3 is 0 Å². The second-order valence-electron chi connectivity index (χ2n) is 4.60. The van der Waals surface area contributed by atoms with Crippen LogP contribution in [0.4, 0.5) is 5.82 Å². The molecule has 0 saturated carbocycles. The lowest BCUT2D eigenvalue weighted by atomic mass is 10.1. The minimum Gasteiger partial charge on any atom is -0.496 e. The van der Waals surface area contributed by atoms with Crippen LogP contribution in [0.2, 0.25) is 0 Å². The Morgan fingerprint density at radius 3 is 2.74 bits per heavy atom. The van der Waals surface area contributed by atoms with E-state index in [2.05, 4.69) is 16.5 Å². The number of rotatable bonds is 5. The van der Waals surface area contributed by atoms with Crippen LogP contribution in [-0.4, -0.2) is 16.7 Å². The predicted octanol–water partition coefficient (Wildman–Crippen LogP) is 3.25. The highest BCUT2D eigenvalue weighted by Crippen LogP contribution is 2.33. The van der Waals surface area contributed by atoms with Gasteiger partial charge in [-0.05, 0) is 25.5 Å². The highest BCUT2D eigenvalue weighted by atomic mass is 16.5. The summed E-state index contributed by atoms with van der Waals surface area (Å²) < 4.78 is 7.45. The molecule has 1 heterocycles. The molecular weight excluding hydrogens is 238 g/mol. The van der Waals surface area contributed by atoms with Crippen LogP contribution >= 0.6 is 0 Å². The van der Waals surface area contributed by atoms with E-state index in [0.29, 0.717) is 0 Å². The number of unbranched alkanes of at least 4 members (excludes halogenated alkanes) is 1. The number of aryl methyl sites for hydroxylation is 1. The largest absolute Gasteiger partial charge is 0.496 e. The van der Waals surface area contributed by atoms with Gasteiger partial charge in [0.2, 0.25) is 0 Å². The Labute approximate surface area is 114 Å². The fourth-order valence-corrected chi connectivity index (χ4v) is 2.22. The number of aromatic nitrogens is 2. The number of methoxy groups -OCH3 is 1. The summed E-state index contributed by atoms with van der Waals surface area (Å²) in [6.07, 6.45) is 2.24. The van der Waals surface area contributed by atoms with E-state index in [1.165, 1.54) is 0 Å². The highest BCUT2D eigenvalue weighted by Gasteiger charge is 2.16. The Bertz CT molecular complexity index is 561. The summed E-state index contributed by atoms with van der Waals surface area (Å²) in [6, 6.07) is 7.83. The molecule has 0 unspecified atom stereocenters. The van der Waals surface area contributed by atoms with Gasteiger partial charge < -0.3 is 15.0 Å². The molecule has 2 N–H and O–H groups in total. The maximum absolute atomic E-state index is 6.25. The smallest absolute Gasteiger partial charge is 0.131 e. The van der Waals surface area contributed by atoms with E-state index in [1.54, 1.807) is 7.11 Å². The summed E-state index contributed by atoms with van der Waals surface area (Å²) in [5, 5.41) is 0.